The molecule has 0 bridgehead atoms. The molecule has 0 aliphatic heterocycles. The molecule has 0 fully saturated rings. The fourth-order valence-corrected chi connectivity index (χ4v) is 7.69. The summed E-state index contributed by atoms with van der Waals surface area (Å²) >= 11 is 0. The molecular weight excluding hydrogens is 691 g/mol. The van der Waals surface area contributed by atoms with E-state index in [0.717, 1.165) is 50.7 Å². The first-order valence-electron chi connectivity index (χ1n) is 20.0. The monoisotopic (exact) mass is 741 g/mol. The Balaban J connectivity index is 1.40. The first-order chi connectivity index (χ1) is 27.3. The lowest BCUT2D eigenvalue weighted by atomic mass is 9.84. The molecule has 8 rings (SSSR count). The second kappa shape index (κ2) is 15.0. The van der Waals surface area contributed by atoms with Crippen LogP contribution in [0.5, 0.6) is 0 Å². The Hall–Kier alpha value is -6.32. The number of pyridine rings is 2. The van der Waals surface area contributed by atoms with Gasteiger partial charge in [-0.05, 0) is 129 Å². The standard InChI is InChI=1S/C54H51N3/c1-36-34-55-50(32-48(36)39-18-11-9-12-19-39)41-26-43(53(3,4)5)30-45(28-41)57(52-25-17-23-38-22-15-16-24-47(38)52)46-29-42(27-44(31-46)54(6,7)8)51-33-49(37(2)35-56-51)40-20-13-10-14-21-40/h9-35H,1-8H3. The lowest BCUT2D eigenvalue weighted by Crippen LogP contribution is -2.17. The molecule has 282 valence electrons. The van der Waals surface area contributed by atoms with E-state index >= 15 is 0 Å². The van der Waals surface area contributed by atoms with Crippen molar-refractivity contribution in [3.63, 3.8) is 0 Å². The average Bonchev–Trinajstić information content (AvgIpc) is 3.21. The number of benzene rings is 6. The number of aryl methyl sites for hydroxylation is 2. The van der Waals surface area contributed by atoms with Gasteiger partial charge < -0.3 is 4.90 Å². The Morgan fingerprint density at radius 1 is 0.421 bits per heavy atom. The van der Waals surface area contributed by atoms with Gasteiger partial charge in [0.05, 0.1) is 17.1 Å². The van der Waals surface area contributed by atoms with Crippen LogP contribution in [-0.2, 0) is 10.8 Å². The molecule has 0 atom stereocenters. The summed E-state index contributed by atoms with van der Waals surface area (Å²) in [5.41, 5.74) is 16.6. The van der Waals surface area contributed by atoms with Crippen molar-refractivity contribution >= 4 is 27.8 Å². The third-order valence-corrected chi connectivity index (χ3v) is 11.1. The Labute approximate surface area is 338 Å². The summed E-state index contributed by atoms with van der Waals surface area (Å²) in [5.74, 6) is 0. The van der Waals surface area contributed by atoms with E-state index in [0.29, 0.717) is 0 Å². The fourth-order valence-electron chi connectivity index (χ4n) is 7.69. The summed E-state index contributed by atoms with van der Waals surface area (Å²) < 4.78 is 0. The van der Waals surface area contributed by atoms with Crippen molar-refractivity contribution in [3.8, 4) is 44.8 Å². The summed E-state index contributed by atoms with van der Waals surface area (Å²) in [6, 6.07) is 55.1. The first kappa shape index (κ1) is 37.6. The summed E-state index contributed by atoms with van der Waals surface area (Å²) in [6.07, 6.45) is 4.03. The number of rotatable bonds is 7. The molecule has 2 aromatic heterocycles. The molecule has 0 amide bonds. The van der Waals surface area contributed by atoms with Gasteiger partial charge in [-0.2, -0.15) is 0 Å². The molecule has 2 heterocycles. The van der Waals surface area contributed by atoms with E-state index in [1.54, 1.807) is 0 Å². The van der Waals surface area contributed by atoms with Crippen molar-refractivity contribution in [3.05, 3.63) is 186 Å². The van der Waals surface area contributed by atoms with Crippen LogP contribution < -0.4 is 4.90 Å². The maximum Gasteiger partial charge on any atom is 0.0709 e. The van der Waals surface area contributed by atoms with Crippen LogP contribution in [0.25, 0.3) is 55.5 Å². The van der Waals surface area contributed by atoms with E-state index in [1.807, 2.05) is 12.4 Å². The third kappa shape index (κ3) is 7.76. The van der Waals surface area contributed by atoms with Crippen molar-refractivity contribution in [2.45, 2.75) is 66.2 Å². The van der Waals surface area contributed by atoms with Gasteiger partial charge in [-0.25, -0.2) is 0 Å². The molecule has 3 heteroatoms. The predicted octanol–water partition coefficient (Wildman–Crippen LogP) is 15.0. The largest absolute Gasteiger partial charge is 0.310 e. The Bertz CT molecular complexity index is 2560. The number of aromatic nitrogens is 2. The SMILES string of the molecule is Cc1cnc(-c2cc(N(c3cc(-c4cc(-c5ccccc5)c(C)cn4)cc(C(C)(C)C)c3)c3cccc4ccccc34)cc(C(C)(C)C)c2)cc1-c1ccccc1. The Kier molecular flexibility index (Phi) is 9.87. The molecule has 0 unspecified atom stereocenters. The van der Waals surface area contributed by atoms with Crippen LogP contribution in [0, 0.1) is 13.8 Å². The average molecular weight is 742 g/mol. The van der Waals surface area contributed by atoms with Gasteiger partial charge in [-0.15, -0.1) is 0 Å². The van der Waals surface area contributed by atoms with Crippen molar-refractivity contribution < 1.29 is 0 Å². The van der Waals surface area contributed by atoms with Crippen LogP contribution in [0.1, 0.15) is 63.8 Å². The molecule has 0 saturated carbocycles. The van der Waals surface area contributed by atoms with Gasteiger partial charge in [0.1, 0.15) is 0 Å². The van der Waals surface area contributed by atoms with Crippen molar-refractivity contribution in [1.29, 1.82) is 0 Å². The Morgan fingerprint density at radius 3 is 1.33 bits per heavy atom. The van der Waals surface area contributed by atoms with Crippen LogP contribution in [0.4, 0.5) is 17.1 Å². The highest BCUT2D eigenvalue weighted by atomic mass is 15.1. The van der Waals surface area contributed by atoms with Gasteiger partial charge in [0.25, 0.3) is 0 Å². The molecule has 0 spiro atoms. The van der Waals surface area contributed by atoms with Crippen molar-refractivity contribution in [1.82, 2.24) is 9.97 Å². The lowest BCUT2D eigenvalue weighted by Gasteiger charge is -2.31. The maximum absolute atomic E-state index is 5.07. The minimum Gasteiger partial charge on any atom is -0.310 e. The molecule has 0 aliphatic carbocycles. The molecule has 6 aromatic carbocycles. The van der Waals surface area contributed by atoms with E-state index in [-0.39, 0.29) is 10.8 Å². The minimum atomic E-state index is -0.125. The number of anilines is 3. The fraction of sp³-hybridized carbons (Fsp3) is 0.185. The summed E-state index contributed by atoms with van der Waals surface area (Å²) in [7, 11) is 0. The highest BCUT2D eigenvalue weighted by Gasteiger charge is 2.25. The molecule has 0 radical (unpaired) electrons. The summed E-state index contributed by atoms with van der Waals surface area (Å²) in [4.78, 5) is 12.6. The highest BCUT2D eigenvalue weighted by molar-refractivity contribution is 5.99. The van der Waals surface area contributed by atoms with Crippen LogP contribution in [-0.4, -0.2) is 9.97 Å². The molecule has 8 aromatic rings. The normalized spacial score (nSPS) is 11.9. The molecule has 3 nitrogen and oxygen atoms in total. The molecule has 0 aliphatic rings. The minimum absolute atomic E-state index is 0.125. The molecule has 0 saturated heterocycles. The maximum atomic E-state index is 5.07. The Morgan fingerprint density at radius 2 is 0.860 bits per heavy atom. The van der Waals surface area contributed by atoms with E-state index in [2.05, 4.69) is 212 Å². The smallest absolute Gasteiger partial charge is 0.0709 e. The van der Waals surface area contributed by atoms with Crippen LogP contribution >= 0.6 is 0 Å². The highest BCUT2D eigenvalue weighted by Crippen LogP contribution is 2.45. The van der Waals surface area contributed by atoms with Gasteiger partial charge >= 0.3 is 0 Å². The predicted molar refractivity (Wildman–Crippen MR) is 243 cm³/mol. The molecule has 57 heavy (non-hydrogen) atoms. The zero-order valence-electron chi connectivity index (χ0n) is 34.4. The van der Waals surface area contributed by atoms with Crippen LogP contribution in [0.2, 0.25) is 0 Å². The number of fused-ring (bicyclic) bond motifs is 1. The summed E-state index contributed by atoms with van der Waals surface area (Å²) in [5, 5.41) is 2.38. The topological polar surface area (TPSA) is 29.0 Å². The second-order valence-electron chi connectivity index (χ2n) is 17.4. The second-order valence-corrected chi connectivity index (χ2v) is 17.4. The first-order valence-corrected chi connectivity index (χ1v) is 20.0. The van der Waals surface area contributed by atoms with Crippen LogP contribution in [0.3, 0.4) is 0 Å². The molecular formula is C54H51N3. The number of nitrogens with zero attached hydrogens (tertiary/aromatic N) is 3. The number of hydrogen-bond donors (Lipinski definition) is 0. The van der Waals surface area contributed by atoms with E-state index < -0.39 is 0 Å². The van der Waals surface area contributed by atoms with Gasteiger partial charge in [-0.1, -0.05) is 139 Å². The van der Waals surface area contributed by atoms with Gasteiger partial charge in [0, 0.05) is 40.3 Å². The van der Waals surface area contributed by atoms with E-state index in [1.165, 1.54) is 44.2 Å². The lowest BCUT2D eigenvalue weighted by molar-refractivity contribution is 0.590. The van der Waals surface area contributed by atoms with Crippen molar-refractivity contribution in [2.75, 3.05) is 4.90 Å². The third-order valence-electron chi connectivity index (χ3n) is 11.1. The van der Waals surface area contributed by atoms with E-state index in [9.17, 15) is 0 Å². The zero-order chi connectivity index (χ0) is 39.9. The van der Waals surface area contributed by atoms with Gasteiger partial charge in [-0.3, -0.25) is 9.97 Å². The zero-order valence-corrected chi connectivity index (χ0v) is 34.4. The van der Waals surface area contributed by atoms with Gasteiger partial charge in [0.15, 0.2) is 0 Å². The van der Waals surface area contributed by atoms with Gasteiger partial charge in [0.2, 0.25) is 0 Å². The molecule has 0 N–H and O–H groups in total. The number of hydrogen-bond acceptors (Lipinski definition) is 3. The quantitative estimate of drug-likeness (QED) is 0.163. The van der Waals surface area contributed by atoms with Crippen LogP contribution in [0.15, 0.2) is 164 Å². The van der Waals surface area contributed by atoms with Crippen molar-refractivity contribution in [2.24, 2.45) is 0 Å². The summed E-state index contributed by atoms with van der Waals surface area (Å²) in [6.45, 7) is 18.0. The van der Waals surface area contributed by atoms with E-state index in [4.69, 9.17) is 9.97 Å².